The molecular weight excluding hydrogens is 522 g/mol. The van der Waals surface area contributed by atoms with Crippen molar-refractivity contribution >= 4 is 11.6 Å². The first-order chi connectivity index (χ1) is 19.1. The van der Waals surface area contributed by atoms with Crippen LogP contribution in [0.4, 0.5) is 23.2 Å². The van der Waals surface area contributed by atoms with Gasteiger partial charge in [-0.1, -0.05) is 18.2 Å². The molecule has 2 aromatic carbocycles. The van der Waals surface area contributed by atoms with Gasteiger partial charge in [0, 0.05) is 37.4 Å². The fraction of sp³-hybridized carbons (Fsp3) is 0.367. The summed E-state index contributed by atoms with van der Waals surface area (Å²) < 4.78 is 54.0. The average molecular weight is 552 g/mol. The number of pyridine rings is 1. The number of likely N-dealkylation sites (tertiary alicyclic amines) is 1. The van der Waals surface area contributed by atoms with Gasteiger partial charge in [0.1, 0.15) is 11.9 Å². The molecule has 40 heavy (non-hydrogen) atoms. The summed E-state index contributed by atoms with van der Waals surface area (Å²) in [5.74, 6) is -0.514. The summed E-state index contributed by atoms with van der Waals surface area (Å²) in [6, 6.07) is 14.9. The van der Waals surface area contributed by atoms with Gasteiger partial charge in [-0.3, -0.25) is 9.78 Å². The van der Waals surface area contributed by atoms with Crippen LogP contribution in [0.5, 0.6) is 0 Å². The number of nitrogens with zero attached hydrogens (tertiary/aromatic N) is 4. The van der Waals surface area contributed by atoms with Crippen molar-refractivity contribution < 1.29 is 22.4 Å². The summed E-state index contributed by atoms with van der Waals surface area (Å²) in [7, 11) is 2.00. The van der Waals surface area contributed by atoms with Gasteiger partial charge in [0.25, 0.3) is 0 Å². The number of amides is 1. The lowest BCUT2D eigenvalue weighted by Crippen LogP contribution is -2.54. The van der Waals surface area contributed by atoms with E-state index in [9.17, 15) is 27.6 Å². The molecule has 1 N–H and O–H groups in total. The predicted molar refractivity (Wildman–Crippen MR) is 143 cm³/mol. The van der Waals surface area contributed by atoms with Gasteiger partial charge >= 0.3 is 6.18 Å². The Hall–Kier alpha value is -3.97. The van der Waals surface area contributed by atoms with Crippen LogP contribution in [0.1, 0.15) is 36.0 Å². The molecular formula is C30H29F4N5O. The lowest BCUT2D eigenvalue weighted by atomic mass is 9.72. The summed E-state index contributed by atoms with van der Waals surface area (Å²) in [5, 5.41) is 12.8. The van der Waals surface area contributed by atoms with Crippen molar-refractivity contribution in [2.24, 2.45) is 0 Å². The maximum atomic E-state index is 14.4. The van der Waals surface area contributed by atoms with Gasteiger partial charge in [0.05, 0.1) is 27.9 Å². The van der Waals surface area contributed by atoms with Gasteiger partial charge in [0.2, 0.25) is 5.91 Å². The molecule has 2 aliphatic rings. The highest BCUT2D eigenvalue weighted by Crippen LogP contribution is 2.40. The number of carbonyl (C=O) groups excluding carboxylic acids is 1. The number of nitrogens with one attached hydrogen (secondary N) is 1. The third-order valence-corrected chi connectivity index (χ3v) is 8.03. The van der Waals surface area contributed by atoms with Crippen LogP contribution in [0, 0.1) is 17.1 Å². The van der Waals surface area contributed by atoms with Crippen molar-refractivity contribution in [2.75, 3.05) is 38.1 Å². The number of halogens is 4. The first-order valence-electron chi connectivity index (χ1n) is 13.2. The Kier molecular flexibility index (Phi) is 7.51. The fourth-order valence-electron chi connectivity index (χ4n) is 5.74. The van der Waals surface area contributed by atoms with Crippen molar-refractivity contribution in [3.63, 3.8) is 0 Å². The van der Waals surface area contributed by atoms with E-state index in [1.54, 1.807) is 30.5 Å². The molecule has 2 fully saturated rings. The van der Waals surface area contributed by atoms with Crippen LogP contribution in [-0.2, 0) is 16.4 Å². The van der Waals surface area contributed by atoms with Gasteiger partial charge in [-0.05, 0) is 74.8 Å². The first kappa shape index (κ1) is 27.6. The normalized spacial score (nSPS) is 19.3. The molecule has 1 amide bonds. The second kappa shape index (κ2) is 10.9. The Balaban J connectivity index is 1.43. The molecule has 6 nitrogen and oxygen atoms in total. The third kappa shape index (κ3) is 5.39. The van der Waals surface area contributed by atoms with E-state index in [0.29, 0.717) is 48.4 Å². The number of nitriles is 1. The van der Waals surface area contributed by atoms with Crippen LogP contribution < -0.4 is 10.2 Å². The Morgan fingerprint density at radius 1 is 1.10 bits per heavy atom. The van der Waals surface area contributed by atoms with Crippen LogP contribution in [0.2, 0.25) is 0 Å². The number of rotatable bonds is 5. The van der Waals surface area contributed by atoms with Gasteiger partial charge < -0.3 is 15.1 Å². The van der Waals surface area contributed by atoms with Crippen molar-refractivity contribution in [3.8, 4) is 17.3 Å². The van der Waals surface area contributed by atoms with Gasteiger partial charge in [-0.15, -0.1) is 0 Å². The maximum Gasteiger partial charge on any atom is 0.416 e. The molecule has 2 aliphatic heterocycles. The van der Waals surface area contributed by atoms with Crippen LogP contribution >= 0.6 is 0 Å². The maximum absolute atomic E-state index is 14.4. The van der Waals surface area contributed by atoms with E-state index in [2.05, 4.69) is 15.2 Å². The molecule has 3 heterocycles. The van der Waals surface area contributed by atoms with Crippen molar-refractivity contribution in [2.45, 2.75) is 36.9 Å². The number of benzene rings is 2. The topological polar surface area (TPSA) is 72.3 Å². The lowest BCUT2D eigenvalue weighted by molar-refractivity contribution is -0.137. The summed E-state index contributed by atoms with van der Waals surface area (Å²) in [4.78, 5) is 22.4. The zero-order chi connectivity index (χ0) is 28.5. The van der Waals surface area contributed by atoms with Gasteiger partial charge in [-0.25, -0.2) is 4.39 Å². The minimum Gasteiger partial charge on any atom is -0.370 e. The summed E-state index contributed by atoms with van der Waals surface area (Å²) in [6.45, 7) is 2.34. The number of piperidine rings is 1. The first-order valence-corrected chi connectivity index (χ1v) is 13.2. The number of hydrogen-bond donors (Lipinski definition) is 1. The molecule has 10 heteroatoms. The number of aromatic nitrogens is 1. The van der Waals surface area contributed by atoms with E-state index in [0.717, 1.165) is 31.6 Å². The number of likely N-dealkylation sites (N-methyl/N-ethyl adjacent to an activating group) is 1. The fourth-order valence-corrected chi connectivity index (χ4v) is 5.74. The summed E-state index contributed by atoms with van der Waals surface area (Å²) in [5.41, 5.74) is 0.0621. The molecule has 0 aliphatic carbocycles. The Morgan fingerprint density at radius 2 is 1.85 bits per heavy atom. The van der Waals surface area contributed by atoms with Crippen LogP contribution in [-0.4, -0.2) is 55.1 Å². The SMILES string of the molecule is CN1CC[C@@H](NC(=O)C2(c3ccc(-c4ccccc4F)nc3)CCN(c3ccc(C(F)(F)F)cc3C#N)CC2)C1. The molecule has 0 spiro atoms. The third-order valence-electron chi connectivity index (χ3n) is 8.03. The van der Waals surface area contributed by atoms with E-state index < -0.39 is 23.0 Å². The monoisotopic (exact) mass is 551 g/mol. The number of carbonyl (C=O) groups is 1. The molecule has 0 radical (unpaired) electrons. The molecule has 2 saturated heterocycles. The molecule has 0 bridgehead atoms. The Labute approximate surface area is 230 Å². The molecule has 3 aromatic rings. The largest absolute Gasteiger partial charge is 0.416 e. The van der Waals surface area contributed by atoms with Crippen molar-refractivity contribution in [1.82, 2.24) is 15.2 Å². The molecule has 208 valence electrons. The highest BCUT2D eigenvalue weighted by Gasteiger charge is 2.44. The van der Waals surface area contributed by atoms with Crippen LogP contribution in [0.25, 0.3) is 11.3 Å². The zero-order valence-electron chi connectivity index (χ0n) is 22.0. The Morgan fingerprint density at radius 3 is 2.45 bits per heavy atom. The second-order valence-electron chi connectivity index (χ2n) is 10.5. The number of alkyl halides is 3. The predicted octanol–water partition coefficient (Wildman–Crippen LogP) is 5.14. The van der Waals surface area contributed by atoms with Crippen LogP contribution in [0.15, 0.2) is 60.8 Å². The number of hydrogen-bond acceptors (Lipinski definition) is 5. The minimum atomic E-state index is -4.55. The van der Waals surface area contributed by atoms with Crippen LogP contribution in [0.3, 0.4) is 0 Å². The average Bonchev–Trinajstić information content (AvgIpc) is 3.36. The second-order valence-corrected chi connectivity index (χ2v) is 10.5. The molecule has 1 aromatic heterocycles. The minimum absolute atomic E-state index is 0.0122. The Bertz CT molecular complexity index is 1430. The summed E-state index contributed by atoms with van der Waals surface area (Å²) >= 11 is 0. The highest BCUT2D eigenvalue weighted by molar-refractivity contribution is 5.89. The highest BCUT2D eigenvalue weighted by atomic mass is 19.4. The quantitative estimate of drug-likeness (QED) is 0.445. The molecule has 5 rings (SSSR count). The lowest BCUT2D eigenvalue weighted by Gasteiger charge is -2.42. The zero-order valence-corrected chi connectivity index (χ0v) is 22.0. The summed E-state index contributed by atoms with van der Waals surface area (Å²) in [6.07, 6.45) is -1.35. The van der Waals surface area contributed by atoms with E-state index >= 15 is 0 Å². The van der Waals surface area contributed by atoms with Crippen molar-refractivity contribution in [3.05, 3.63) is 83.3 Å². The van der Waals surface area contributed by atoms with Crippen molar-refractivity contribution in [1.29, 1.82) is 5.26 Å². The molecule has 0 unspecified atom stereocenters. The van der Waals surface area contributed by atoms with E-state index in [-0.39, 0.29) is 17.5 Å². The molecule has 0 saturated carbocycles. The molecule has 1 atom stereocenters. The van der Waals surface area contributed by atoms with E-state index in [1.165, 1.54) is 12.1 Å². The van der Waals surface area contributed by atoms with Gasteiger partial charge in [0.15, 0.2) is 0 Å². The number of anilines is 1. The van der Waals surface area contributed by atoms with E-state index in [4.69, 9.17) is 0 Å². The van der Waals surface area contributed by atoms with Gasteiger partial charge in [-0.2, -0.15) is 18.4 Å². The standard InChI is InChI=1S/C30H29F4N5O/c1-38-13-10-23(19-38)37-28(40)29(22-6-8-26(36-18-22)24-4-2-3-5-25(24)31)11-14-39(15-12-29)27-9-7-21(30(32,33)34)16-20(27)17-35/h2-9,16,18,23H,10-15,19H2,1H3,(H,37,40)/t23-/m1/s1. The smallest absolute Gasteiger partial charge is 0.370 e. The van der Waals surface area contributed by atoms with E-state index in [1.807, 2.05) is 24.1 Å².